The zero-order chi connectivity index (χ0) is 11.4. The van der Waals surface area contributed by atoms with Gasteiger partial charge in [-0.3, -0.25) is 4.79 Å². The average molecular weight is 223 g/mol. The first-order chi connectivity index (χ1) is 7.81. The average Bonchev–Trinajstić information content (AvgIpc) is 2.96. The number of hydrogen-bond acceptors (Lipinski definition) is 3. The van der Waals surface area contributed by atoms with E-state index in [1.165, 1.54) is 0 Å². The lowest BCUT2D eigenvalue weighted by molar-refractivity contribution is -0.126. The van der Waals surface area contributed by atoms with Crippen LogP contribution >= 0.6 is 0 Å². The maximum absolute atomic E-state index is 11.9. The van der Waals surface area contributed by atoms with E-state index in [-0.39, 0.29) is 17.9 Å². The van der Waals surface area contributed by atoms with Gasteiger partial charge < -0.3 is 15.0 Å². The van der Waals surface area contributed by atoms with Crippen molar-refractivity contribution in [1.29, 1.82) is 0 Å². The van der Waals surface area contributed by atoms with Crippen LogP contribution in [-0.2, 0) is 16.1 Å². The highest BCUT2D eigenvalue weighted by Crippen LogP contribution is 2.23. The Balaban J connectivity index is 1.83. The Morgan fingerprint density at radius 2 is 2.62 bits per heavy atom. The van der Waals surface area contributed by atoms with Crippen molar-refractivity contribution in [3.63, 3.8) is 0 Å². The normalized spacial score (nSPS) is 24.6. The van der Waals surface area contributed by atoms with Gasteiger partial charge in [0.25, 0.3) is 0 Å². The molecule has 2 unspecified atom stereocenters. The van der Waals surface area contributed by atoms with Gasteiger partial charge >= 0.3 is 0 Å². The molecule has 16 heavy (non-hydrogen) atoms. The van der Waals surface area contributed by atoms with Crippen LogP contribution in [0.3, 0.4) is 0 Å². The number of aromatic nitrogens is 2. The molecule has 5 heteroatoms. The fourth-order valence-electron chi connectivity index (χ4n) is 2.05. The summed E-state index contributed by atoms with van der Waals surface area (Å²) in [5.74, 6) is 0.848. The topological polar surface area (TPSA) is 67.0 Å². The Bertz CT molecular complexity index is 337. The number of H-pyrrole nitrogens is 1. The molecule has 1 fully saturated rings. The van der Waals surface area contributed by atoms with Gasteiger partial charge in [-0.2, -0.15) is 0 Å². The molecular formula is C11H17N3O2. The van der Waals surface area contributed by atoms with Crippen molar-refractivity contribution < 1.29 is 9.53 Å². The monoisotopic (exact) mass is 223 g/mol. The molecule has 5 nitrogen and oxygen atoms in total. The number of carbonyl (C=O) groups excluding carboxylic acids is 1. The maximum atomic E-state index is 11.9. The number of imidazole rings is 1. The molecule has 0 aromatic carbocycles. The molecule has 0 aliphatic carbocycles. The van der Waals surface area contributed by atoms with Crippen LogP contribution < -0.4 is 5.32 Å². The van der Waals surface area contributed by atoms with E-state index in [1.807, 2.05) is 6.92 Å². The second-order valence-corrected chi connectivity index (χ2v) is 3.97. The first-order valence-electron chi connectivity index (χ1n) is 5.69. The molecule has 0 radical (unpaired) electrons. The second-order valence-electron chi connectivity index (χ2n) is 3.97. The minimum atomic E-state index is -0.0000350. The molecule has 2 rings (SSSR count). The molecule has 2 heterocycles. The highest BCUT2D eigenvalue weighted by Gasteiger charge is 2.32. The Kier molecular flexibility index (Phi) is 3.56. The van der Waals surface area contributed by atoms with Crippen molar-refractivity contribution in [2.24, 2.45) is 5.92 Å². The minimum absolute atomic E-state index is 0.0000350. The van der Waals surface area contributed by atoms with Crippen molar-refractivity contribution in [2.45, 2.75) is 32.4 Å². The van der Waals surface area contributed by atoms with E-state index in [4.69, 9.17) is 4.74 Å². The standard InChI is InChI=1S/C11H17N3O2/c1-2-9-8(3-6-16-9)11(15)14-7-10-12-4-5-13-10/h4-5,8-9H,2-3,6-7H2,1H3,(H,12,13)(H,14,15). The molecule has 88 valence electrons. The highest BCUT2D eigenvalue weighted by atomic mass is 16.5. The Morgan fingerprint density at radius 1 is 1.75 bits per heavy atom. The second kappa shape index (κ2) is 5.12. The van der Waals surface area contributed by atoms with Crippen LogP contribution in [0, 0.1) is 5.92 Å². The van der Waals surface area contributed by atoms with Crippen LogP contribution in [0.4, 0.5) is 0 Å². The molecule has 1 saturated heterocycles. The van der Waals surface area contributed by atoms with E-state index in [2.05, 4.69) is 15.3 Å². The number of nitrogens with one attached hydrogen (secondary N) is 2. The summed E-state index contributed by atoms with van der Waals surface area (Å²) < 4.78 is 5.49. The predicted octanol–water partition coefficient (Wildman–Crippen LogP) is 0.841. The minimum Gasteiger partial charge on any atom is -0.377 e. The number of hydrogen-bond donors (Lipinski definition) is 2. The quantitative estimate of drug-likeness (QED) is 0.795. The van der Waals surface area contributed by atoms with E-state index in [0.29, 0.717) is 13.2 Å². The summed E-state index contributed by atoms with van der Waals surface area (Å²) in [6, 6.07) is 0. The molecule has 0 saturated carbocycles. The van der Waals surface area contributed by atoms with Crippen LogP contribution in [0.5, 0.6) is 0 Å². The van der Waals surface area contributed by atoms with Crippen molar-refractivity contribution in [3.05, 3.63) is 18.2 Å². The van der Waals surface area contributed by atoms with Gasteiger partial charge in [-0.15, -0.1) is 0 Å². The van der Waals surface area contributed by atoms with E-state index in [0.717, 1.165) is 18.7 Å². The lowest BCUT2D eigenvalue weighted by atomic mass is 9.99. The molecule has 1 aliphatic heterocycles. The summed E-state index contributed by atoms with van der Waals surface area (Å²) in [7, 11) is 0. The lowest BCUT2D eigenvalue weighted by Crippen LogP contribution is -2.34. The van der Waals surface area contributed by atoms with Gasteiger partial charge in [-0.05, 0) is 12.8 Å². The van der Waals surface area contributed by atoms with Crippen molar-refractivity contribution in [2.75, 3.05) is 6.61 Å². The molecule has 0 bridgehead atoms. The number of amides is 1. The van der Waals surface area contributed by atoms with Crippen molar-refractivity contribution in [1.82, 2.24) is 15.3 Å². The van der Waals surface area contributed by atoms with Crippen LogP contribution in [0.1, 0.15) is 25.6 Å². The Morgan fingerprint density at radius 3 is 3.31 bits per heavy atom. The zero-order valence-electron chi connectivity index (χ0n) is 9.40. The molecule has 2 N–H and O–H groups in total. The number of nitrogens with zero attached hydrogens (tertiary/aromatic N) is 1. The summed E-state index contributed by atoms with van der Waals surface area (Å²) in [6.07, 6.45) is 5.21. The van der Waals surface area contributed by atoms with Gasteiger partial charge in [-0.25, -0.2) is 4.98 Å². The molecular weight excluding hydrogens is 206 g/mol. The third kappa shape index (κ3) is 2.41. The summed E-state index contributed by atoms with van der Waals surface area (Å²) in [5, 5.41) is 2.88. The highest BCUT2D eigenvalue weighted by molar-refractivity contribution is 5.79. The van der Waals surface area contributed by atoms with Gasteiger partial charge in [0.05, 0.1) is 18.6 Å². The van der Waals surface area contributed by atoms with E-state index < -0.39 is 0 Å². The van der Waals surface area contributed by atoms with Crippen molar-refractivity contribution in [3.8, 4) is 0 Å². The van der Waals surface area contributed by atoms with Crippen LogP contribution in [0.25, 0.3) is 0 Å². The predicted molar refractivity (Wildman–Crippen MR) is 58.6 cm³/mol. The van der Waals surface area contributed by atoms with E-state index >= 15 is 0 Å². The van der Waals surface area contributed by atoms with Gasteiger partial charge in [0.2, 0.25) is 5.91 Å². The third-order valence-electron chi connectivity index (χ3n) is 2.93. The van der Waals surface area contributed by atoms with Crippen LogP contribution in [0.2, 0.25) is 0 Å². The van der Waals surface area contributed by atoms with Crippen molar-refractivity contribution >= 4 is 5.91 Å². The molecule has 2 atom stereocenters. The molecule has 0 spiro atoms. The van der Waals surface area contributed by atoms with Gasteiger partial charge in [-0.1, -0.05) is 6.92 Å². The summed E-state index contributed by atoms with van der Waals surface area (Å²) in [5.41, 5.74) is 0. The maximum Gasteiger partial charge on any atom is 0.226 e. The number of carbonyl (C=O) groups is 1. The smallest absolute Gasteiger partial charge is 0.226 e. The SMILES string of the molecule is CCC1OCCC1C(=O)NCc1ncc[nH]1. The lowest BCUT2D eigenvalue weighted by Gasteiger charge is -2.15. The summed E-state index contributed by atoms with van der Waals surface area (Å²) in [6.45, 7) is 3.19. The van der Waals surface area contributed by atoms with Crippen LogP contribution in [-0.4, -0.2) is 28.6 Å². The number of ether oxygens (including phenoxy) is 1. The largest absolute Gasteiger partial charge is 0.377 e. The first-order valence-corrected chi connectivity index (χ1v) is 5.69. The van der Waals surface area contributed by atoms with Gasteiger partial charge in [0.15, 0.2) is 0 Å². The Hall–Kier alpha value is -1.36. The van der Waals surface area contributed by atoms with Crippen LogP contribution in [0.15, 0.2) is 12.4 Å². The first kappa shape index (κ1) is 11.1. The van der Waals surface area contributed by atoms with Gasteiger partial charge in [0, 0.05) is 19.0 Å². The molecule has 1 aliphatic rings. The molecule has 1 amide bonds. The fraction of sp³-hybridized carbons (Fsp3) is 0.636. The van der Waals surface area contributed by atoms with E-state index in [1.54, 1.807) is 12.4 Å². The fourth-order valence-corrected chi connectivity index (χ4v) is 2.05. The molecule has 1 aromatic heterocycles. The molecule has 1 aromatic rings. The summed E-state index contributed by atoms with van der Waals surface area (Å²) in [4.78, 5) is 18.9. The zero-order valence-corrected chi connectivity index (χ0v) is 9.40. The number of rotatable bonds is 4. The Labute approximate surface area is 94.6 Å². The number of aromatic amines is 1. The third-order valence-corrected chi connectivity index (χ3v) is 2.93. The van der Waals surface area contributed by atoms with E-state index in [9.17, 15) is 4.79 Å². The summed E-state index contributed by atoms with van der Waals surface area (Å²) >= 11 is 0. The van der Waals surface area contributed by atoms with Gasteiger partial charge in [0.1, 0.15) is 5.82 Å².